The third-order valence-electron chi connectivity index (χ3n) is 2.96. The predicted octanol–water partition coefficient (Wildman–Crippen LogP) is 2.37. The van der Waals surface area contributed by atoms with Gasteiger partial charge in [0.1, 0.15) is 0 Å². The molecule has 2 atom stereocenters. The van der Waals surface area contributed by atoms with E-state index in [-0.39, 0.29) is 5.41 Å². The Morgan fingerprint density at radius 1 is 1.31 bits per heavy atom. The van der Waals surface area contributed by atoms with Gasteiger partial charge in [-0.15, -0.1) is 0 Å². The van der Waals surface area contributed by atoms with Crippen LogP contribution in [0.4, 0.5) is 0 Å². The summed E-state index contributed by atoms with van der Waals surface area (Å²) in [7, 11) is 0. The first kappa shape index (κ1) is 8.52. The van der Waals surface area contributed by atoms with Crippen LogP contribution in [-0.2, 0) is 0 Å². The lowest BCUT2D eigenvalue weighted by Crippen LogP contribution is -2.34. The minimum absolute atomic E-state index is 0.215. The van der Waals surface area contributed by atoms with Crippen molar-refractivity contribution in [2.75, 3.05) is 0 Å². The fourth-order valence-corrected chi connectivity index (χ4v) is 2.02. The van der Waals surface area contributed by atoms with Crippen LogP contribution < -0.4 is 0 Å². The highest BCUT2D eigenvalue weighted by molar-refractivity contribution is 5.49. The Morgan fingerprint density at radius 3 is 2.77 bits per heavy atom. The van der Waals surface area contributed by atoms with Crippen LogP contribution in [-0.4, -0.2) is 11.2 Å². The molecule has 2 rings (SSSR count). The maximum atomic E-state index is 9.88. The molecule has 0 fully saturated rings. The van der Waals surface area contributed by atoms with Crippen LogP contribution >= 0.6 is 0 Å². The van der Waals surface area contributed by atoms with E-state index in [4.69, 9.17) is 0 Å². The smallest absolute Gasteiger partial charge is 0.0852 e. The minimum atomic E-state index is -0.396. The second-order valence-electron chi connectivity index (χ2n) is 3.90. The number of hydrogen-bond donors (Lipinski definition) is 1. The summed E-state index contributed by atoms with van der Waals surface area (Å²) in [5.74, 6) is 0. The normalized spacial score (nSPS) is 36.7. The molecule has 0 saturated heterocycles. The molecule has 0 heterocycles. The van der Waals surface area contributed by atoms with Crippen LogP contribution in [0, 0.1) is 5.41 Å². The Balaban J connectivity index is 2.53. The summed E-state index contributed by atoms with van der Waals surface area (Å²) in [6.07, 6.45) is 11.6. The fraction of sp³-hybridized carbons (Fsp3) is 0.333. The van der Waals surface area contributed by atoms with Gasteiger partial charge in [0.2, 0.25) is 0 Å². The highest BCUT2D eigenvalue weighted by atomic mass is 16.3. The molecule has 1 heteroatoms. The molecule has 2 aliphatic rings. The van der Waals surface area contributed by atoms with Gasteiger partial charge in [-0.2, -0.15) is 0 Å². The van der Waals surface area contributed by atoms with Gasteiger partial charge in [0.25, 0.3) is 0 Å². The van der Waals surface area contributed by atoms with Gasteiger partial charge in [-0.3, -0.25) is 0 Å². The third-order valence-corrected chi connectivity index (χ3v) is 2.96. The number of aliphatic hydroxyl groups is 1. The summed E-state index contributed by atoms with van der Waals surface area (Å²) in [4.78, 5) is 0. The van der Waals surface area contributed by atoms with E-state index in [1.165, 1.54) is 11.1 Å². The van der Waals surface area contributed by atoms with E-state index in [9.17, 15) is 5.11 Å². The second-order valence-corrected chi connectivity index (χ2v) is 3.90. The van der Waals surface area contributed by atoms with Crippen LogP contribution in [0.1, 0.15) is 13.8 Å². The maximum Gasteiger partial charge on any atom is 0.0852 e. The Labute approximate surface area is 78.8 Å². The molecule has 68 valence electrons. The van der Waals surface area contributed by atoms with E-state index < -0.39 is 6.10 Å². The summed E-state index contributed by atoms with van der Waals surface area (Å²) in [6.45, 7) is 4.15. The van der Waals surface area contributed by atoms with E-state index in [2.05, 4.69) is 32.1 Å². The first-order valence-corrected chi connectivity index (χ1v) is 4.58. The lowest BCUT2D eigenvalue weighted by molar-refractivity contribution is 0.135. The van der Waals surface area contributed by atoms with Crippen LogP contribution in [0.15, 0.2) is 47.6 Å². The molecule has 0 saturated carbocycles. The average Bonchev–Trinajstić information content (AvgIpc) is 2.08. The van der Waals surface area contributed by atoms with E-state index in [0.717, 1.165) is 0 Å². The maximum absolute atomic E-state index is 9.88. The van der Waals surface area contributed by atoms with Gasteiger partial charge in [-0.1, -0.05) is 36.5 Å². The Morgan fingerprint density at radius 2 is 2.08 bits per heavy atom. The van der Waals surface area contributed by atoms with Crippen molar-refractivity contribution in [3.8, 4) is 0 Å². The molecule has 0 spiro atoms. The van der Waals surface area contributed by atoms with Crippen LogP contribution in [0.5, 0.6) is 0 Å². The Hall–Kier alpha value is -1.08. The van der Waals surface area contributed by atoms with E-state index in [1.807, 2.05) is 18.2 Å². The minimum Gasteiger partial charge on any atom is -0.388 e. The molecular weight excluding hydrogens is 160 g/mol. The topological polar surface area (TPSA) is 20.2 Å². The van der Waals surface area contributed by atoms with Crippen LogP contribution in [0.25, 0.3) is 0 Å². The van der Waals surface area contributed by atoms with Crippen molar-refractivity contribution < 1.29 is 5.11 Å². The average molecular weight is 174 g/mol. The predicted molar refractivity (Wildman–Crippen MR) is 54.2 cm³/mol. The lowest BCUT2D eigenvalue weighted by atomic mass is 9.69. The lowest BCUT2D eigenvalue weighted by Gasteiger charge is -2.37. The van der Waals surface area contributed by atoms with Gasteiger partial charge in [0.15, 0.2) is 0 Å². The number of rotatable bonds is 0. The molecule has 0 radical (unpaired) electrons. The third kappa shape index (κ3) is 1.11. The van der Waals surface area contributed by atoms with Gasteiger partial charge in [0.05, 0.1) is 6.10 Å². The highest BCUT2D eigenvalue weighted by Crippen LogP contribution is 2.42. The molecular formula is C12H14O. The first-order valence-electron chi connectivity index (χ1n) is 4.58. The molecule has 0 aromatic heterocycles. The van der Waals surface area contributed by atoms with Crippen molar-refractivity contribution in [3.05, 3.63) is 47.6 Å². The fourth-order valence-electron chi connectivity index (χ4n) is 2.02. The number of allylic oxidation sites excluding steroid dienone is 5. The molecule has 0 aliphatic heterocycles. The molecule has 2 aliphatic carbocycles. The van der Waals surface area contributed by atoms with Gasteiger partial charge in [-0.05, 0) is 25.0 Å². The molecule has 13 heavy (non-hydrogen) atoms. The number of aliphatic hydroxyl groups excluding tert-OH is 1. The molecule has 1 N–H and O–H groups in total. The zero-order chi connectivity index (χ0) is 9.47. The van der Waals surface area contributed by atoms with Gasteiger partial charge in [0, 0.05) is 5.41 Å². The van der Waals surface area contributed by atoms with Crippen molar-refractivity contribution in [3.63, 3.8) is 0 Å². The van der Waals surface area contributed by atoms with Crippen molar-refractivity contribution in [1.82, 2.24) is 0 Å². The summed E-state index contributed by atoms with van der Waals surface area (Å²) >= 11 is 0. The summed E-state index contributed by atoms with van der Waals surface area (Å²) in [5, 5.41) is 9.88. The molecule has 0 aromatic rings. The quantitative estimate of drug-likeness (QED) is 0.597. The zero-order valence-corrected chi connectivity index (χ0v) is 7.99. The standard InChI is InChI=1S/C12H14O/c1-9-5-4-8-12(2)10(9)6-3-7-11(12)13/h3-8,11,13H,1-2H3. The van der Waals surface area contributed by atoms with E-state index in [0.29, 0.717) is 0 Å². The van der Waals surface area contributed by atoms with Crippen molar-refractivity contribution >= 4 is 0 Å². The van der Waals surface area contributed by atoms with Crippen molar-refractivity contribution in [1.29, 1.82) is 0 Å². The van der Waals surface area contributed by atoms with E-state index >= 15 is 0 Å². The zero-order valence-electron chi connectivity index (χ0n) is 7.99. The number of hydrogen-bond acceptors (Lipinski definition) is 1. The van der Waals surface area contributed by atoms with Crippen molar-refractivity contribution in [2.45, 2.75) is 20.0 Å². The van der Waals surface area contributed by atoms with E-state index in [1.54, 1.807) is 0 Å². The molecule has 1 nitrogen and oxygen atoms in total. The monoisotopic (exact) mass is 174 g/mol. The van der Waals surface area contributed by atoms with Crippen LogP contribution in [0.3, 0.4) is 0 Å². The molecule has 0 amide bonds. The SMILES string of the molecule is CC1=CC=CC2(C)C1=CC=CC2O. The molecule has 0 bridgehead atoms. The summed E-state index contributed by atoms with van der Waals surface area (Å²) < 4.78 is 0. The Bertz CT molecular complexity index is 344. The second kappa shape index (κ2) is 2.71. The van der Waals surface area contributed by atoms with Gasteiger partial charge in [-0.25, -0.2) is 0 Å². The van der Waals surface area contributed by atoms with Gasteiger partial charge >= 0.3 is 0 Å². The largest absolute Gasteiger partial charge is 0.388 e. The summed E-state index contributed by atoms with van der Waals surface area (Å²) in [5.41, 5.74) is 2.26. The van der Waals surface area contributed by atoms with Crippen LogP contribution in [0.2, 0.25) is 0 Å². The summed E-state index contributed by atoms with van der Waals surface area (Å²) in [6, 6.07) is 0. The number of fused-ring (bicyclic) bond motifs is 1. The van der Waals surface area contributed by atoms with Crippen molar-refractivity contribution in [2.24, 2.45) is 5.41 Å². The molecule has 2 unspecified atom stereocenters. The first-order chi connectivity index (χ1) is 6.14. The highest BCUT2D eigenvalue weighted by Gasteiger charge is 2.35. The Kier molecular flexibility index (Phi) is 1.77. The van der Waals surface area contributed by atoms with Gasteiger partial charge < -0.3 is 5.11 Å². The molecule has 0 aromatic carbocycles.